The first kappa shape index (κ1) is 8.39. The molecule has 0 spiro atoms. The summed E-state index contributed by atoms with van der Waals surface area (Å²) in [7, 11) is 2.29. The van der Waals surface area contributed by atoms with Crippen molar-refractivity contribution in [1.29, 1.82) is 0 Å². The van der Waals surface area contributed by atoms with Crippen LogP contribution in [0.1, 0.15) is 0 Å². The van der Waals surface area contributed by atoms with Gasteiger partial charge in [-0.15, -0.1) is 0 Å². The van der Waals surface area contributed by atoms with E-state index in [-0.39, 0.29) is 11.0 Å². The minimum atomic E-state index is 0. The molecule has 0 aliphatic carbocycles. The van der Waals surface area contributed by atoms with E-state index in [1.807, 2.05) is 0 Å². The molecule has 1 rings (SSSR count). The van der Waals surface area contributed by atoms with Crippen molar-refractivity contribution in [2.45, 2.75) is 0 Å². The van der Waals surface area contributed by atoms with Gasteiger partial charge in [0, 0.05) is 26.6 Å². The second-order valence-corrected chi connectivity index (χ2v) is 4.50. The van der Waals surface area contributed by atoms with Gasteiger partial charge in [0.15, 0.2) is 0 Å². The van der Waals surface area contributed by atoms with Gasteiger partial charge in [-0.05, 0) is 11.0 Å². The molecule has 44 valence electrons. The zero-order valence-corrected chi connectivity index (χ0v) is 6.00. The largest absolute Gasteiger partial charge is 0.254 e. The SMILES string of the molecule is N1PNPNP1.[SiH4]. The van der Waals surface area contributed by atoms with E-state index in [1.54, 1.807) is 0 Å². The molecule has 1 heterocycles. The minimum absolute atomic E-state index is 0. The van der Waals surface area contributed by atoms with Crippen LogP contribution in [0.4, 0.5) is 0 Å². The Balaban J connectivity index is 0.000000360. The molecule has 0 aromatic carbocycles. The van der Waals surface area contributed by atoms with Crippen LogP contribution >= 0.6 is 26.6 Å². The Hall–Kier alpha value is 1.39. The smallest absolute Gasteiger partial charge is 0.0273 e. The highest BCUT2D eigenvalue weighted by molar-refractivity contribution is 7.65. The molecule has 0 amide bonds. The van der Waals surface area contributed by atoms with Crippen molar-refractivity contribution in [2.24, 2.45) is 0 Å². The maximum atomic E-state index is 3.12. The van der Waals surface area contributed by atoms with Gasteiger partial charge < -0.3 is 0 Å². The fourth-order valence-electron chi connectivity index (χ4n) is 0.188. The first-order chi connectivity index (χ1) is 3.00. The van der Waals surface area contributed by atoms with Crippen molar-refractivity contribution in [3.8, 4) is 0 Å². The molecule has 1 saturated heterocycles. The topological polar surface area (TPSA) is 36.1 Å². The summed E-state index contributed by atoms with van der Waals surface area (Å²) in [4.78, 5) is 9.38. The quantitative estimate of drug-likeness (QED) is 0.319. The monoisotopic (exact) mass is 173 g/mol. The molecule has 0 radical (unpaired) electrons. The minimum Gasteiger partial charge on any atom is -0.254 e. The van der Waals surface area contributed by atoms with Gasteiger partial charge in [-0.1, -0.05) is 0 Å². The summed E-state index contributed by atoms with van der Waals surface area (Å²) in [5, 5.41) is 0. The molecule has 3 nitrogen and oxygen atoms in total. The third-order valence-electron chi connectivity index (χ3n) is 0.375. The van der Waals surface area contributed by atoms with Crippen molar-refractivity contribution in [3.05, 3.63) is 0 Å². The van der Waals surface area contributed by atoms with E-state index in [4.69, 9.17) is 0 Å². The van der Waals surface area contributed by atoms with Gasteiger partial charge in [0.25, 0.3) is 0 Å². The van der Waals surface area contributed by atoms with E-state index in [9.17, 15) is 0 Å². The molecule has 1 aliphatic heterocycles. The molecule has 1 fully saturated rings. The lowest BCUT2D eigenvalue weighted by Crippen LogP contribution is -2.07. The second kappa shape index (κ2) is 5.52. The average Bonchev–Trinajstić information content (AvgIpc) is 1.72. The summed E-state index contributed by atoms with van der Waals surface area (Å²) in [6, 6.07) is 0. The first-order valence-corrected chi connectivity index (χ1v) is 4.50. The number of rotatable bonds is 0. The summed E-state index contributed by atoms with van der Waals surface area (Å²) in [5.74, 6) is 0. The van der Waals surface area contributed by atoms with Gasteiger partial charge in [-0.2, -0.15) is 0 Å². The highest BCUT2D eigenvalue weighted by atomic mass is 31.2. The predicted molar refractivity (Wildman–Crippen MR) is 45.7 cm³/mol. The maximum absolute atomic E-state index is 3.12. The van der Waals surface area contributed by atoms with Crippen molar-refractivity contribution >= 4 is 37.6 Å². The number of hydrogen-bond acceptors (Lipinski definition) is 3. The summed E-state index contributed by atoms with van der Waals surface area (Å²) in [5.41, 5.74) is 0. The van der Waals surface area contributed by atoms with E-state index in [0.717, 1.165) is 26.6 Å². The van der Waals surface area contributed by atoms with Crippen LogP contribution in [0.25, 0.3) is 0 Å². The van der Waals surface area contributed by atoms with Crippen LogP contribution in [0.15, 0.2) is 0 Å². The van der Waals surface area contributed by atoms with Crippen molar-refractivity contribution in [3.63, 3.8) is 0 Å². The van der Waals surface area contributed by atoms with E-state index in [2.05, 4.69) is 14.6 Å². The summed E-state index contributed by atoms with van der Waals surface area (Å²) < 4.78 is 0. The zero-order valence-electron chi connectivity index (χ0n) is 3.00. The summed E-state index contributed by atoms with van der Waals surface area (Å²) in [6.45, 7) is 0. The molecule has 7 heteroatoms. The third-order valence-corrected chi connectivity index (χ3v) is 3.38. The van der Waals surface area contributed by atoms with Crippen LogP contribution in [0, 0.1) is 0 Å². The molecule has 3 N–H and O–H groups in total. The van der Waals surface area contributed by atoms with E-state index in [1.165, 1.54) is 0 Å². The van der Waals surface area contributed by atoms with Gasteiger partial charge in [0.2, 0.25) is 0 Å². The van der Waals surface area contributed by atoms with Crippen LogP contribution in [-0.4, -0.2) is 11.0 Å². The van der Waals surface area contributed by atoms with Gasteiger partial charge >= 0.3 is 0 Å². The van der Waals surface area contributed by atoms with E-state index in [0.29, 0.717) is 0 Å². The van der Waals surface area contributed by atoms with Crippen LogP contribution < -0.4 is 14.6 Å². The molecule has 0 bridgehead atoms. The Morgan fingerprint density at radius 1 is 0.714 bits per heavy atom. The van der Waals surface area contributed by atoms with Crippen LogP contribution in [0.5, 0.6) is 0 Å². The molecular formula is H10N3P3Si. The predicted octanol–water partition coefficient (Wildman–Crippen LogP) is -1.16. The highest BCUT2D eigenvalue weighted by Gasteiger charge is 1.89. The lowest BCUT2D eigenvalue weighted by molar-refractivity contribution is 1.44. The Kier molecular flexibility index (Phi) is 6.62. The Morgan fingerprint density at radius 2 is 1.00 bits per heavy atom. The van der Waals surface area contributed by atoms with Gasteiger partial charge in [-0.3, -0.25) is 14.6 Å². The fraction of sp³-hybridized carbons (Fsp3) is 0. The van der Waals surface area contributed by atoms with E-state index >= 15 is 0 Å². The average molecular weight is 173 g/mol. The number of nitrogens with one attached hydrogen (secondary N) is 3. The summed E-state index contributed by atoms with van der Waals surface area (Å²) in [6.07, 6.45) is 0. The van der Waals surface area contributed by atoms with Crippen LogP contribution in [-0.2, 0) is 0 Å². The van der Waals surface area contributed by atoms with Gasteiger partial charge in [-0.25, -0.2) is 0 Å². The molecular weight excluding hydrogens is 163 g/mol. The summed E-state index contributed by atoms with van der Waals surface area (Å²) >= 11 is 0. The standard InChI is InChI=1S/H6N3P3.H4Si/c1-4-2-6-3-5-1;/h1-6H;1H4. The molecule has 0 atom stereocenters. The fourth-order valence-corrected chi connectivity index (χ4v) is 3.38. The Bertz CT molecular complexity index is 25.7. The first-order valence-electron chi connectivity index (χ1n) is 1.50. The Labute approximate surface area is 52.9 Å². The number of hydrogen-bond donors (Lipinski definition) is 3. The van der Waals surface area contributed by atoms with Crippen molar-refractivity contribution in [2.75, 3.05) is 0 Å². The van der Waals surface area contributed by atoms with E-state index < -0.39 is 0 Å². The molecule has 0 unspecified atom stereocenters. The van der Waals surface area contributed by atoms with Crippen molar-refractivity contribution in [1.82, 2.24) is 14.6 Å². The molecule has 0 aromatic heterocycles. The van der Waals surface area contributed by atoms with Crippen LogP contribution in [0.3, 0.4) is 0 Å². The normalized spacial score (nSPS) is 30.9. The zero-order chi connectivity index (χ0) is 4.24. The highest BCUT2D eigenvalue weighted by Crippen LogP contribution is 2.23. The Morgan fingerprint density at radius 3 is 1.14 bits per heavy atom. The lowest BCUT2D eigenvalue weighted by atomic mass is 13.8. The van der Waals surface area contributed by atoms with Gasteiger partial charge in [0.1, 0.15) is 0 Å². The molecule has 7 heavy (non-hydrogen) atoms. The van der Waals surface area contributed by atoms with Crippen LogP contribution in [0.2, 0.25) is 0 Å². The third kappa shape index (κ3) is 3.93. The molecule has 1 aliphatic rings. The molecule has 0 saturated carbocycles. The maximum Gasteiger partial charge on any atom is 0.0273 e. The van der Waals surface area contributed by atoms with Gasteiger partial charge in [0.05, 0.1) is 0 Å². The second-order valence-electron chi connectivity index (χ2n) is 0.750. The lowest BCUT2D eigenvalue weighted by Gasteiger charge is -2.12. The van der Waals surface area contributed by atoms with Crippen molar-refractivity contribution < 1.29 is 0 Å². The molecule has 0 aromatic rings.